The Hall–Kier alpha value is -2.12. The van der Waals surface area contributed by atoms with Crippen molar-refractivity contribution in [2.24, 2.45) is 0 Å². The normalized spacial score (nSPS) is 10.8. The number of nitrogens with zero attached hydrogens (tertiary/aromatic N) is 4. The third kappa shape index (κ3) is 3.37. The molecule has 0 atom stereocenters. The largest absolute Gasteiger partial charge is 0.494 e. The predicted molar refractivity (Wildman–Crippen MR) is 91.4 cm³/mol. The van der Waals surface area contributed by atoms with Crippen LogP contribution in [0.1, 0.15) is 11.1 Å². The molecule has 0 spiro atoms. The lowest BCUT2D eigenvalue weighted by molar-refractivity contribution is 0.410. The van der Waals surface area contributed by atoms with E-state index in [1.54, 1.807) is 23.9 Å². The molecule has 0 bridgehead atoms. The first-order valence-corrected chi connectivity index (χ1v) is 8.45. The molecule has 0 amide bonds. The average molecular weight is 365 g/mol. The van der Waals surface area contributed by atoms with Gasteiger partial charge in [0.05, 0.1) is 7.11 Å². The number of methoxy groups -OCH3 is 1. The monoisotopic (exact) mass is 364 g/mol. The van der Waals surface area contributed by atoms with Gasteiger partial charge in [-0.3, -0.25) is 0 Å². The molecule has 5 nitrogen and oxygen atoms in total. The lowest BCUT2D eigenvalue weighted by atomic mass is 10.2. The zero-order chi connectivity index (χ0) is 17.1. The van der Waals surface area contributed by atoms with Crippen molar-refractivity contribution >= 4 is 23.4 Å². The Morgan fingerprint density at radius 1 is 1.29 bits per heavy atom. The smallest absolute Gasteiger partial charge is 0.214 e. The Bertz CT molecular complexity index is 851. The highest BCUT2D eigenvalue weighted by molar-refractivity contribution is 7.98. The number of aromatic nitrogens is 4. The standard InChI is InChI=1S/C16H14ClFN4OS/c1-10-6-7-15(23-2)14(8-10)22-16(19-20-21-22)24-9-11-12(17)4-3-5-13(11)18/h3-8H,9H2,1-2H3. The number of benzene rings is 2. The Morgan fingerprint density at radius 3 is 2.88 bits per heavy atom. The van der Waals surface area contributed by atoms with Crippen LogP contribution < -0.4 is 4.74 Å². The van der Waals surface area contributed by atoms with Crippen molar-refractivity contribution < 1.29 is 9.13 Å². The minimum Gasteiger partial charge on any atom is -0.494 e. The molecule has 0 aliphatic heterocycles. The molecule has 24 heavy (non-hydrogen) atoms. The van der Waals surface area contributed by atoms with Gasteiger partial charge in [0.15, 0.2) is 0 Å². The lowest BCUT2D eigenvalue weighted by Gasteiger charge is -2.10. The lowest BCUT2D eigenvalue weighted by Crippen LogP contribution is -2.03. The molecule has 2 aromatic carbocycles. The molecular formula is C16H14ClFN4OS. The highest BCUT2D eigenvalue weighted by Crippen LogP contribution is 2.30. The summed E-state index contributed by atoms with van der Waals surface area (Å²) in [5, 5.41) is 12.7. The molecule has 1 heterocycles. The summed E-state index contributed by atoms with van der Waals surface area (Å²) in [6.45, 7) is 1.97. The van der Waals surface area contributed by atoms with Crippen LogP contribution in [0.15, 0.2) is 41.6 Å². The highest BCUT2D eigenvalue weighted by atomic mass is 35.5. The minimum absolute atomic E-state index is 0.319. The molecule has 1 aromatic heterocycles. The van der Waals surface area contributed by atoms with E-state index < -0.39 is 0 Å². The van der Waals surface area contributed by atoms with Crippen LogP contribution in [0.2, 0.25) is 5.02 Å². The molecule has 0 aliphatic carbocycles. The number of aryl methyl sites for hydroxylation is 1. The third-order valence-electron chi connectivity index (χ3n) is 3.41. The quantitative estimate of drug-likeness (QED) is 0.639. The number of halogens is 2. The molecule has 0 aliphatic rings. The van der Waals surface area contributed by atoms with Crippen molar-refractivity contribution in [2.75, 3.05) is 7.11 Å². The van der Waals surface area contributed by atoms with Crippen molar-refractivity contribution in [2.45, 2.75) is 17.8 Å². The molecule has 124 valence electrons. The van der Waals surface area contributed by atoms with Crippen molar-refractivity contribution in [1.82, 2.24) is 20.2 Å². The maximum Gasteiger partial charge on any atom is 0.214 e. The van der Waals surface area contributed by atoms with Gasteiger partial charge in [-0.1, -0.05) is 35.5 Å². The number of tetrazole rings is 1. The molecule has 0 N–H and O–H groups in total. The first-order chi connectivity index (χ1) is 11.6. The zero-order valence-corrected chi connectivity index (χ0v) is 14.6. The van der Waals surface area contributed by atoms with Crippen molar-refractivity contribution in [3.05, 3.63) is 58.4 Å². The molecule has 8 heteroatoms. The summed E-state index contributed by atoms with van der Waals surface area (Å²) in [6.07, 6.45) is 0. The van der Waals surface area contributed by atoms with Gasteiger partial charge in [0.25, 0.3) is 0 Å². The second kappa shape index (κ2) is 7.19. The summed E-state index contributed by atoms with van der Waals surface area (Å²) in [6, 6.07) is 10.3. The predicted octanol–water partition coefficient (Wildman–Crippen LogP) is 4.06. The average Bonchev–Trinajstić information content (AvgIpc) is 3.02. The van der Waals surface area contributed by atoms with Gasteiger partial charge in [0, 0.05) is 16.3 Å². The fraction of sp³-hybridized carbons (Fsp3) is 0.188. The van der Waals surface area contributed by atoms with Gasteiger partial charge in [-0.05, 0) is 47.2 Å². The maximum atomic E-state index is 13.9. The van der Waals surface area contributed by atoms with E-state index in [9.17, 15) is 4.39 Å². The highest BCUT2D eigenvalue weighted by Gasteiger charge is 2.15. The van der Waals surface area contributed by atoms with Gasteiger partial charge < -0.3 is 4.74 Å². The van der Waals surface area contributed by atoms with E-state index in [0.717, 1.165) is 11.3 Å². The molecule has 0 saturated carbocycles. The van der Waals surface area contributed by atoms with Gasteiger partial charge in [-0.15, -0.1) is 5.10 Å². The van der Waals surface area contributed by atoms with Crippen LogP contribution in [0.5, 0.6) is 5.75 Å². The summed E-state index contributed by atoms with van der Waals surface area (Å²) in [4.78, 5) is 0. The van der Waals surface area contributed by atoms with Crippen LogP contribution in [-0.4, -0.2) is 27.3 Å². The molecule has 0 saturated heterocycles. The number of hydrogen-bond acceptors (Lipinski definition) is 5. The van der Waals surface area contributed by atoms with E-state index >= 15 is 0 Å². The van der Waals surface area contributed by atoms with Crippen LogP contribution in [0.25, 0.3) is 5.69 Å². The van der Waals surface area contributed by atoms with Crippen LogP contribution in [0.4, 0.5) is 4.39 Å². The Labute approximate surface area is 147 Å². The topological polar surface area (TPSA) is 52.8 Å². The summed E-state index contributed by atoms with van der Waals surface area (Å²) >= 11 is 7.37. The van der Waals surface area contributed by atoms with Crippen LogP contribution >= 0.6 is 23.4 Å². The van der Waals surface area contributed by atoms with E-state index in [-0.39, 0.29) is 5.82 Å². The molecule has 3 aromatic rings. The summed E-state index contributed by atoms with van der Waals surface area (Å²) in [7, 11) is 1.59. The van der Waals surface area contributed by atoms with Crippen molar-refractivity contribution in [3.8, 4) is 11.4 Å². The Balaban J connectivity index is 1.90. The number of thioether (sulfide) groups is 1. The van der Waals surface area contributed by atoms with Gasteiger partial charge >= 0.3 is 0 Å². The fourth-order valence-electron chi connectivity index (χ4n) is 2.19. The van der Waals surface area contributed by atoms with E-state index in [2.05, 4.69) is 15.5 Å². The van der Waals surface area contributed by atoms with Gasteiger partial charge in [0.1, 0.15) is 17.3 Å². The van der Waals surface area contributed by atoms with E-state index in [0.29, 0.717) is 27.2 Å². The Morgan fingerprint density at radius 2 is 2.12 bits per heavy atom. The van der Waals surface area contributed by atoms with Crippen LogP contribution in [0, 0.1) is 12.7 Å². The van der Waals surface area contributed by atoms with E-state index in [1.165, 1.54) is 17.8 Å². The number of ether oxygens (including phenoxy) is 1. The molecule has 3 rings (SSSR count). The van der Waals surface area contributed by atoms with Crippen molar-refractivity contribution in [1.29, 1.82) is 0 Å². The maximum absolute atomic E-state index is 13.9. The first-order valence-electron chi connectivity index (χ1n) is 7.09. The summed E-state index contributed by atoms with van der Waals surface area (Å²) in [5.74, 6) is 0.626. The zero-order valence-electron chi connectivity index (χ0n) is 13.0. The van der Waals surface area contributed by atoms with E-state index in [1.807, 2.05) is 25.1 Å². The first kappa shape index (κ1) is 16.7. The molecule has 0 fully saturated rings. The summed E-state index contributed by atoms with van der Waals surface area (Å²) < 4.78 is 20.8. The fourth-order valence-corrected chi connectivity index (χ4v) is 3.42. The van der Waals surface area contributed by atoms with Gasteiger partial charge in [-0.25, -0.2) is 4.39 Å². The Kier molecular flexibility index (Phi) is 5.01. The van der Waals surface area contributed by atoms with Crippen LogP contribution in [-0.2, 0) is 5.75 Å². The third-order valence-corrected chi connectivity index (χ3v) is 4.71. The number of hydrogen-bond donors (Lipinski definition) is 0. The number of rotatable bonds is 5. The van der Waals surface area contributed by atoms with E-state index in [4.69, 9.17) is 16.3 Å². The van der Waals surface area contributed by atoms with Gasteiger partial charge in [0.2, 0.25) is 5.16 Å². The minimum atomic E-state index is -0.345. The molecule has 0 unspecified atom stereocenters. The second-order valence-electron chi connectivity index (χ2n) is 5.04. The molecular weight excluding hydrogens is 351 g/mol. The van der Waals surface area contributed by atoms with Crippen molar-refractivity contribution in [3.63, 3.8) is 0 Å². The van der Waals surface area contributed by atoms with Crippen LogP contribution in [0.3, 0.4) is 0 Å². The summed E-state index contributed by atoms with van der Waals surface area (Å²) in [5.41, 5.74) is 2.20. The van der Waals surface area contributed by atoms with Gasteiger partial charge in [-0.2, -0.15) is 4.68 Å². The second-order valence-corrected chi connectivity index (χ2v) is 6.39. The molecule has 0 radical (unpaired) electrons. The SMILES string of the molecule is COc1ccc(C)cc1-n1nnnc1SCc1c(F)cccc1Cl.